The number of carbonyl (C=O) groups is 1. The largest absolute Gasteiger partial charge is 0.369 e. The predicted octanol–water partition coefficient (Wildman–Crippen LogP) is 4.32. The molecule has 1 aliphatic heterocycles. The second-order valence-electron chi connectivity index (χ2n) is 7.45. The molecule has 3 rings (SSSR count). The zero-order valence-corrected chi connectivity index (χ0v) is 18.0. The predicted molar refractivity (Wildman–Crippen MR) is 121 cm³/mol. The zero-order valence-electron chi connectivity index (χ0n) is 17.2. The van der Waals surface area contributed by atoms with Gasteiger partial charge in [0, 0.05) is 43.3 Å². The van der Waals surface area contributed by atoms with Crippen molar-refractivity contribution in [1.29, 1.82) is 0 Å². The van der Waals surface area contributed by atoms with Gasteiger partial charge in [0.2, 0.25) is 5.91 Å². The minimum atomic E-state index is 0.0602. The van der Waals surface area contributed by atoms with Crippen LogP contribution in [-0.4, -0.2) is 49.3 Å². The van der Waals surface area contributed by atoms with Gasteiger partial charge in [0.1, 0.15) is 0 Å². The van der Waals surface area contributed by atoms with Crippen molar-refractivity contribution in [3.05, 3.63) is 59.2 Å². The van der Waals surface area contributed by atoms with Crippen molar-refractivity contribution in [3.8, 4) is 0 Å². The van der Waals surface area contributed by atoms with Gasteiger partial charge in [-0.25, -0.2) is 0 Å². The van der Waals surface area contributed by atoms with E-state index >= 15 is 0 Å². The number of likely N-dealkylation sites (N-methyl/N-ethyl adjacent to an activating group) is 1. The molecule has 150 valence electrons. The van der Waals surface area contributed by atoms with Gasteiger partial charge < -0.3 is 15.1 Å². The van der Waals surface area contributed by atoms with Gasteiger partial charge >= 0.3 is 0 Å². The topological polar surface area (TPSA) is 35.6 Å². The summed E-state index contributed by atoms with van der Waals surface area (Å²) in [7, 11) is 0. The summed E-state index contributed by atoms with van der Waals surface area (Å²) in [5.41, 5.74) is 5.81. The number of amides is 1. The van der Waals surface area contributed by atoms with E-state index in [2.05, 4.69) is 72.3 Å². The number of thioether (sulfide) groups is 1. The number of nitrogens with one attached hydrogen (secondary N) is 1. The number of anilines is 2. The number of rotatable bonds is 7. The van der Waals surface area contributed by atoms with E-state index < -0.39 is 0 Å². The van der Waals surface area contributed by atoms with Crippen molar-refractivity contribution in [2.75, 3.05) is 48.7 Å². The molecule has 4 nitrogen and oxygen atoms in total. The van der Waals surface area contributed by atoms with E-state index in [4.69, 9.17) is 0 Å². The fraction of sp³-hybridized carbons (Fsp3) is 0.435. The molecule has 0 spiro atoms. The first kappa shape index (κ1) is 20.7. The molecular formula is C23H31N3OS. The van der Waals surface area contributed by atoms with Crippen LogP contribution in [0.1, 0.15) is 23.6 Å². The van der Waals surface area contributed by atoms with E-state index in [1.165, 1.54) is 16.8 Å². The Labute approximate surface area is 173 Å². The first-order valence-corrected chi connectivity index (χ1v) is 11.2. The number of carbonyl (C=O) groups excluding carboxylic acids is 1. The molecule has 1 N–H and O–H groups in total. The Bertz CT molecular complexity index is 800. The second kappa shape index (κ2) is 9.99. The maximum atomic E-state index is 12.3. The summed E-state index contributed by atoms with van der Waals surface area (Å²) < 4.78 is 0. The normalized spacial score (nSPS) is 14.9. The molecule has 1 saturated heterocycles. The van der Waals surface area contributed by atoms with Crippen LogP contribution in [0.25, 0.3) is 0 Å². The lowest BCUT2D eigenvalue weighted by Crippen LogP contribution is -2.46. The summed E-state index contributed by atoms with van der Waals surface area (Å²) in [6.45, 7) is 11.9. The van der Waals surface area contributed by atoms with E-state index in [1.807, 2.05) is 6.07 Å². The Balaban J connectivity index is 1.49. The first-order chi connectivity index (χ1) is 13.5. The molecule has 1 fully saturated rings. The number of nitrogens with zero attached hydrogens (tertiary/aromatic N) is 2. The van der Waals surface area contributed by atoms with E-state index in [0.29, 0.717) is 5.75 Å². The molecule has 0 bridgehead atoms. The van der Waals surface area contributed by atoms with Gasteiger partial charge in [-0.15, -0.1) is 11.8 Å². The lowest BCUT2D eigenvalue weighted by atomic mass is 10.1. The van der Waals surface area contributed by atoms with Crippen LogP contribution in [0.4, 0.5) is 11.4 Å². The third-order valence-corrected chi connectivity index (χ3v) is 6.26. The molecule has 1 aliphatic rings. The molecule has 0 aliphatic carbocycles. The molecule has 2 aromatic carbocycles. The third-order valence-electron chi connectivity index (χ3n) is 5.25. The van der Waals surface area contributed by atoms with Gasteiger partial charge in [-0.3, -0.25) is 4.79 Å². The number of hydrogen-bond acceptors (Lipinski definition) is 4. The summed E-state index contributed by atoms with van der Waals surface area (Å²) >= 11 is 1.65. The molecule has 0 radical (unpaired) electrons. The van der Waals surface area contributed by atoms with E-state index in [1.54, 1.807) is 11.8 Å². The van der Waals surface area contributed by atoms with Crippen molar-refractivity contribution in [1.82, 2.24) is 4.90 Å². The van der Waals surface area contributed by atoms with Crippen LogP contribution in [0.15, 0.2) is 42.5 Å². The lowest BCUT2D eigenvalue weighted by Gasteiger charge is -2.35. The first-order valence-electron chi connectivity index (χ1n) is 10.1. The molecule has 0 atom stereocenters. The van der Waals surface area contributed by atoms with E-state index in [-0.39, 0.29) is 5.91 Å². The summed E-state index contributed by atoms with van der Waals surface area (Å²) in [6.07, 6.45) is 0. The molecular weight excluding hydrogens is 366 g/mol. The maximum absolute atomic E-state index is 12.3. The van der Waals surface area contributed by atoms with Gasteiger partial charge in [-0.2, -0.15) is 0 Å². The highest BCUT2D eigenvalue weighted by Gasteiger charge is 2.16. The Kier molecular flexibility index (Phi) is 7.40. The molecule has 1 amide bonds. The van der Waals surface area contributed by atoms with Gasteiger partial charge in [0.25, 0.3) is 0 Å². The Morgan fingerprint density at radius 3 is 2.54 bits per heavy atom. The second-order valence-corrected chi connectivity index (χ2v) is 8.44. The van der Waals surface area contributed by atoms with Crippen LogP contribution in [-0.2, 0) is 10.5 Å². The summed E-state index contributed by atoms with van der Waals surface area (Å²) in [5.74, 6) is 1.38. The average molecular weight is 398 g/mol. The van der Waals surface area contributed by atoms with Crippen LogP contribution in [0.5, 0.6) is 0 Å². The van der Waals surface area contributed by atoms with Gasteiger partial charge in [0.05, 0.1) is 5.75 Å². The quantitative estimate of drug-likeness (QED) is 0.755. The standard InChI is InChI=1S/C23H31N3OS/c1-4-25-10-12-26(13-11-25)21-8-9-22(19(3)15-21)24-23(27)17-28-16-20-7-5-6-18(2)14-20/h5-9,14-15H,4,10-13,16-17H2,1-3H3,(H,24,27). The fourth-order valence-corrected chi connectivity index (χ4v) is 4.33. The fourth-order valence-electron chi connectivity index (χ4n) is 3.56. The maximum Gasteiger partial charge on any atom is 0.234 e. The average Bonchev–Trinajstić information content (AvgIpc) is 2.70. The van der Waals surface area contributed by atoms with Crippen molar-refractivity contribution in [2.24, 2.45) is 0 Å². The monoisotopic (exact) mass is 397 g/mol. The molecule has 28 heavy (non-hydrogen) atoms. The summed E-state index contributed by atoms with van der Waals surface area (Å²) in [4.78, 5) is 17.2. The number of benzene rings is 2. The van der Waals surface area contributed by atoms with Crippen molar-refractivity contribution in [3.63, 3.8) is 0 Å². The molecule has 2 aromatic rings. The Hall–Kier alpha value is -1.98. The lowest BCUT2D eigenvalue weighted by molar-refractivity contribution is -0.113. The molecule has 1 heterocycles. The van der Waals surface area contributed by atoms with Gasteiger partial charge in [0.15, 0.2) is 0 Å². The van der Waals surface area contributed by atoms with Crippen LogP contribution in [0.2, 0.25) is 0 Å². The summed E-state index contributed by atoms with van der Waals surface area (Å²) in [5, 5.41) is 3.07. The van der Waals surface area contributed by atoms with Crippen molar-refractivity contribution >= 4 is 29.0 Å². The zero-order chi connectivity index (χ0) is 19.9. The third kappa shape index (κ3) is 5.76. The van der Waals surface area contributed by atoms with Crippen LogP contribution < -0.4 is 10.2 Å². The van der Waals surface area contributed by atoms with Crippen molar-refractivity contribution < 1.29 is 4.79 Å². The number of aryl methyl sites for hydroxylation is 2. The van der Waals surface area contributed by atoms with E-state index in [0.717, 1.165) is 49.7 Å². The van der Waals surface area contributed by atoms with Gasteiger partial charge in [-0.05, 0) is 49.7 Å². The minimum absolute atomic E-state index is 0.0602. The highest BCUT2D eigenvalue weighted by molar-refractivity contribution is 7.99. The van der Waals surface area contributed by atoms with Crippen molar-refractivity contribution in [2.45, 2.75) is 26.5 Å². The minimum Gasteiger partial charge on any atom is -0.369 e. The van der Waals surface area contributed by atoms with Crippen LogP contribution in [0.3, 0.4) is 0 Å². The SMILES string of the molecule is CCN1CCN(c2ccc(NC(=O)CSCc3cccc(C)c3)c(C)c2)CC1. The van der Waals surface area contributed by atoms with Gasteiger partial charge in [-0.1, -0.05) is 36.8 Å². The summed E-state index contributed by atoms with van der Waals surface area (Å²) in [6, 6.07) is 14.8. The van der Waals surface area contributed by atoms with Crippen LogP contribution in [0, 0.1) is 13.8 Å². The van der Waals surface area contributed by atoms with E-state index in [9.17, 15) is 4.79 Å². The Morgan fingerprint density at radius 1 is 1.07 bits per heavy atom. The highest BCUT2D eigenvalue weighted by Crippen LogP contribution is 2.24. The Morgan fingerprint density at radius 2 is 1.86 bits per heavy atom. The molecule has 0 saturated carbocycles. The number of hydrogen-bond donors (Lipinski definition) is 1. The molecule has 0 aromatic heterocycles. The molecule has 0 unspecified atom stereocenters. The highest BCUT2D eigenvalue weighted by atomic mass is 32.2. The number of piperazine rings is 1. The van der Waals surface area contributed by atoms with Crippen LogP contribution >= 0.6 is 11.8 Å². The molecule has 5 heteroatoms. The smallest absolute Gasteiger partial charge is 0.234 e.